The fraction of sp³-hybridized carbons (Fsp3) is 0.467. The fourth-order valence-electron chi connectivity index (χ4n) is 2.06. The van der Waals surface area contributed by atoms with Gasteiger partial charge in [0.25, 0.3) is 0 Å². The molecule has 108 valence electrons. The number of thioether (sulfide) groups is 1. The minimum absolute atomic E-state index is 0.334. The van der Waals surface area contributed by atoms with Gasteiger partial charge in [0, 0.05) is 18.8 Å². The highest BCUT2D eigenvalue weighted by Crippen LogP contribution is 2.24. The summed E-state index contributed by atoms with van der Waals surface area (Å²) in [6.07, 6.45) is 1.74. The zero-order valence-corrected chi connectivity index (χ0v) is 13.4. The van der Waals surface area contributed by atoms with E-state index in [2.05, 4.69) is 54.5 Å². The normalized spacial score (nSPS) is 12.6. The van der Waals surface area contributed by atoms with Crippen LogP contribution in [0.4, 0.5) is 0 Å². The molecule has 0 spiro atoms. The molecule has 4 nitrogen and oxygen atoms in total. The third-order valence-corrected chi connectivity index (χ3v) is 4.56. The number of rotatable bonds is 6. The van der Waals surface area contributed by atoms with E-state index in [1.807, 2.05) is 11.6 Å². The molecule has 0 aliphatic carbocycles. The van der Waals surface area contributed by atoms with Crippen molar-refractivity contribution < 1.29 is 0 Å². The Kier molecular flexibility index (Phi) is 5.20. The number of nitrogens with zero attached hydrogens (tertiary/aromatic N) is 3. The molecular formula is C15H22N4S. The molecule has 0 aliphatic heterocycles. The number of benzene rings is 1. The molecule has 1 aromatic heterocycles. The Hall–Kier alpha value is -1.33. The van der Waals surface area contributed by atoms with Crippen molar-refractivity contribution in [2.75, 3.05) is 12.3 Å². The molecule has 1 atom stereocenters. The van der Waals surface area contributed by atoms with Crippen LogP contribution in [-0.4, -0.2) is 27.1 Å². The van der Waals surface area contributed by atoms with Crippen LogP contribution in [0.25, 0.3) is 0 Å². The van der Waals surface area contributed by atoms with Gasteiger partial charge >= 0.3 is 0 Å². The first-order valence-corrected chi connectivity index (χ1v) is 7.87. The average molecular weight is 290 g/mol. The monoisotopic (exact) mass is 290 g/mol. The topological polar surface area (TPSA) is 42.7 Å². The van der Waals surface area contributed by atoms with E-state index >= 15 is 0 Å². The van der Waals surface area contributed by atoms with Gasteiger partial charge in [-0.25, -0.2) is 0 Å². The van der Waals surface area contributed by atoms with Crippen molar-refractivity contribution in [3.05, 3.63) is 41.2 Å². The lowest BCUT2D eigenvalue weighted by atomic mass is 10.0. The van der Waals surface area contributed by atoms with Gasteiger partial charge in [-0.3, -0.25) is 0 Å². The molecule has 5 heteroatoms. The molecule has 0 saturated heterocycles. The second-order valence-electron chi connectivity index (χ2n) is 4.99. The Morgan fingerprint density at radius 2 is 2.10 bits per heavy atom. The van der Waals surface area contributed by atoms with E-state index in [1.165, 1.54) is 16.7 Å². The highest BCUT2D eigenvalue weighted by atomic mass is 32.2. The molecule has 0 amide bonds. The molecular weight excluding hydrogens is 268 g/mol. The van der Waals surface area contributed by atoms with E-state index in [0.717, 1.165) is 17.5 Å². The molecule has 0 fully saturated rings. The lowest BCUT2D eigenvalue weighted by Crippen LogP contribution is -2.23. The molecule has 1 unspecified atom stereocenters. The fourth-order valence-corrected chi connectivity index (χ4v) is 3.04. The van der Waals surface area contributed by atoms with Crippen LogP contribution in [0.5, 0.6) is 0 Å². The first kappa shape index (κ1) is 15.1. The van der Waals surface area contributed by atoms with Crippen LogP contribution in [0.3, 0.4) is 0 Å². The van der Waals surface area contributed by atoms with Crippen molar-refractivity contribution in [2.45, 2.75) is 32.0 Å². The third-order valence-electron chi connectivity index (χ3n) is 3.43. The highest BCUT2D eigenvalue weighted by molar-refractivity contribution is 7.99. The summed E-state index contributed by atoms with van der Waals surface area (Å²) in [5.41, 5.74) is 4.02. The SMILES string of the molecule is CCNC(CSc1nncn1C)c1ccc(C)c(C)c1. The van der Waals surface area contributed by atoms with Crippen molar-refractivity contribution in [1.29, 1.82) is 0 Å². The molecule has 20 heavy (non-hydrogen) atoms. The van der Waals surface area contributed by atoms with Crippen LogP contribution in [-0.2, 0) is 7.05 Å². The summed E-state index contributed by atoms with van der Waals surface area (Å²) in [4.78, 5) is 0. The third kappa shape index (κ3) is 3.61. The predicted octanol–water partition coefficient (Wildman–Crippen LogP) is 2.87. The summed E-state index contributed by atoms with van der Waals surface area (Å²) in [5, 5.41) is 12.5. The lowest BCUT2D eigenvalue weighted by molar-refractivity contribution is 0.604. The average Bonchev–Trinajstić information content (AvgIpc) is 2.83. The van der Waals surface area contributed by atoms with Gasteiger partial charge in [-0.05, 0) is 37.1 Å². The van der Waals surface area contributed by atoms with Crippen LogP contribution in [0, 0.1) is 13.8 Å². The summed E-state index contributed by atoms with van der Waals surface area (Å²) in [7, 11) is 1.97. The maximum atomic E-state index is 4.12. The number of hydrogen-bond donors (Lipinski definition) is 1. The van der Waals surface area contributed by atoms with E-state index in [1.54, 1.807) is 18.1 Å². The van der Waals surface area contributed by atoms with Gasteiger partial charge in [0.15, 0.2) is 5.16 Å². The summed E-state index contributed by atoms with van der Waals surface area (Å²) >= 11 is 1.73. The van der Waals surface area contributed by atoms with E-state index in [0.29, 0.717) is 6.04 Å². The Bertz CT molecular complexity index is 565. The molecule has 1 aromatic carbocycles. The van der Waals surface area contributed by atoms with Gasteiger partial charge in [-0.15, -0.1) is 10.2 Å². The van der Waals surface area contributed by atoms with Crippen LogP contribution >= 0.6 is 11.8 Å². The van der Waals surface area contributed by atoms with Crippen molar-refractivity contribution >= 4 is 11.8 Å². The van der Waals surface area contributed by atoms with Crippen molar-refractivity contribution in [2.24, 2.45) is 7.05 Å². The van der Waals surface area contributed by atoms with E-state index in [-0.39, 0.29) is 0 Å². The first-order valence-electron chi connectivity index (χ1n) is 6.89. The molecule has 1 heterocycles. The zero-order valence-electron chi connectivity index (χ0n) is 12.6. The quantitative estimate of drug-likeness (QED) is 0.831. The summed E-state index contributed by atoms with van der Waals surface area (Å²) < 4.78 is 1.95. The van der Waals surface area contributed by atoms with Crippen LogP contribution in [0.15, 0.2) is 29.7 Å². The Labute approximate surface area is 125 Å². The van der Waals surface area contributed by atoms with Gasteiger partial charge in [-0.1, -0.05) is 36.9 Å². The smallest absolute Gasteiger partial charge is 0.190 e. The summed E-state index contributed by atoms with van der Waals surface area (Å²) in [6, 6.07) is 7.02. The number of hydrogen-bond acceptors (Lipinski definition) is 4. The zero-order chi connectivity index (χ0) is 14.5. The summed E-state index contributed by atoms with van der Waals surface area (Å²) in [5.74, 6) is 0.947. The number of aromatic nitrogens is 3. The largest absolute Gasteiger partial charge is 0.312 e. The van der Waals surface area contributed by atoms with E-state index in [9.17, 15) is 0 Å². The van der Waals surface area contributed by atoms with Crippen molar-refractivity contribution in [3.63, 3.8) is 0 Å². The first-order chi connectivity index (χ1) is 9.61. The Morgan fingerprint density at radius 3 is 2.70 bits per heavy atom. The maximum Gasteiger partial charge on any atom is 0.190 e. The summed E-state index contributed by atoms with van der Waals surface area (Å²) in [6.45, 7) is 7.41. The van der Waals surface area contributed by atoms with Gasteiger partial charge in [-0.2, -0.15) is 0 Å². The molecule has 0 aliphatic rings. The van der Waals surface area contributed by atoms with E-state index < -0.39 is 0 Å². The lowest BCUT2D eigenvalue weighted by Gasteiger charge is -2.18. The van der Waals surface area contributed by atoms with Crippen LogP contribution < -0.4 is 5.32 Å². The Balaban J connectivity index is 2.10. The minimum atomic E-state index is 0.334. The number of aryl methyl sites for hydroxylation is 3. The van der Waals surface area contributed by atoms with Crippen LogP contribution in [0.1, 0.15) is 29.7 Å². The second-order valence-corrected chi connectivity index (χ2v) is 5.98. The minimum Gasteiger partial charge on any atom is -0.312 e. The highest BCUT2D eigenvalue weighted by Gasteiger charge is 2.13. The molecule has 0 bridgehead atoms. The molecule has 2 rings (SSSR count). The van der Waals surface area contributed by atoms with Crippen molar-refractivity contribution in [1.82, 2.24) is 20.1 Å². The number of nitrogens with one attached hydrogen (secondary N) is 1. The molecule has 1 N–H and O–H groups in total. The van der Waals surface area contributed by atoms with Gasteiger partial charge in [0.2, 0.25) is 0 Å². The van der Waals surface area contributed by atoms with Crippen LogP contribution in [0.2, 0.25) is 0 Å². The van der Waals surface area contributed by atoms with Gasteiger partial charge in [0.1, 0.15) is 6.33 Å². The van der Waals surface area contributed by atoms with Gasteiger partial charge in [0.05, 0.1) is 0 Å². The molecule has 0 radical (unpaired) electrons. The van der Waals surface area contributed by atoms with Crippen molar-refractivity contribution in [3.8, 4) is 0 Å². The maximum absolute atomic E-state index is 4.12. The Morgan fingerprint density at radius 1 is 1.30 bits per heavy atom. The molecule has 0 saturated carbocycles. The predicted molar refractivity (Wildman–Crippen MR) is 84.1 cm³/mol. The standard InChI is InChI=1S/C15H22N4S/c1-5-16-14(9-20-15-18-17-10-19(15)4)13-7-6-11(2)12(3)8-13/h6-8,10,14,16H,5,9H2,1-4H3. The van der Waals surface area contributed by atoms with E-state index in [4.69, 9.17) is 0 Å². The second kappa shape index (κ2) is 6.90. The molecule has 2 aromatic rings. The van der Waals surface area contributed by atoms with Gasteiger partial charge < -0.3 is 9.88 Å².